The van der Waals surface area contributed by atoms with Gasteiger partial charge in [0.15, 0.2) is 5.76 Å². The van der Waals surface area contributed by atoms with Crippen molar-refractivity contribution >= 4 is 5.91 Å². The number of aryl methyl sites for hydroxylation is 1. The molecule has 1 saturated carbocycles. The molecule has 24 heavy (non-hydrogen) atoms. The molecule has 3 heterocycles. The topological polar surface area (TPSA) is 82.2 Å². The van der Waals surface area contributed by atoms with E-state index in [2.05, 4.69) is 15.6 Å². The number of nitrogens with zero attached hydrogens (tertiary/aromatic N) is 3. The van der Waals surface area contributed by atoms with Gasteiger partial charge in [0.25, 0.3) is 0 Å². The second kappa shape index (κ2) is 6.39. The fraction of sp³-hybridized carbons (Fsp3) is 0.588. The number of hydrogen-bond acceptors (Lipinski definition) is 5. The van der Waals surface area contributed by atoms with Crippen LogP contribution in [0.4, 0.5) is 0 Å². The molecule has 7 nitrogen and oxygen atoms in total. The zero-order chi connectivity index (χ0) is 16.5. The maximum atomic E-state index is 12.0. The van der Waals surface area contributed by atoms with Crippen molar-refractivity contribution in [3.8, 4) is 11.3 Å². The van der Waals surface area contributed by atoms with Crippen molar-refractivity contribution in [1.82, 2.24) is 20.3 Å². The van der Waals surface area contributed by atoms with E-state index in [9.17, 15) is 4.79 Å². The van der Waals surface area contributed by atoms with Gasteiger partial charge in [-0.3, -0.25) is 9.48 Å². The van der Waals surface area contributed by atoms with Crippen molar-refractivity contribution in [2.75, 3.05) is 13.2 Å². The Morgan fingerprint density at radius 2 is 2.29 bits per heavy atom. The Labute approximate surface area is 140 Å². The molecular weight excluding hydrogens is 308 g/mol. The Morgan fingerprint density at radius 1 is 1.42 bits per heavy atom. The monoisotopic (exact) mass is 330 g/mol. The molecule has 128 valence electrons. The Kier molecular flexibility index (Phi) is 4.10. The van der Waals surface area contributed by atoms with Crippen LogP contribution in [0, 0.1) is 6.92 Å². The molecule has 0 aromatic carbocycles. The van der Waals surface area contributed by atoms with Crippen LogP contribution < -0.4 is 5.32 Å². The van der Waals surface area contributed by atoms with Crippen LogP contribution in [0.1, 0.15) is 43.0 Å². The SMILES string of the molecule is Cc1cc(-c2cnn(CCNC(=O)[C@@H]3CCCO3)c2C2CC2)on1. The first-order chi connectivity index (χ1) is 11.7. The minimum atomic E-state index is -0.279. The van der Waals surface area contributed by atoms with Gasteiger partial charge in [-0.15, -0.1) is 0 Å². The minimum Gasteiger partial charge on any atom is -0.368 e. The lowest BCUT2D eigenvalue weighted by molar-refractivity contribution is -0.130. The molecule has 0 spiro atoms. The summed E-state index contributed by atoms with van der Waals surface area (Å²) in [6.45, 7) is 3.80. The van der Waals surface area contributed by atoms with Crippen LogP contribution >= 0.6 is 0 Å². The summed E-state index contributed by atoms with van der Waals surface area (Å²) in [6, 6.07) is 1.94. The van der Waals surface area contributed by atoms with Crippen LogP contribution in [0.15, 0.2) is 16.8 Å². The highest BCUT2D eigenvalue weighted by molar-refractivity contribution is 5.80. The minimum absolute atomic E-state index is 0.0151. The second-order valence-electron chi connectivity index (χ2n) is 6.57. The van der Waals surface area contributed by atoms with Gasteiger partial charge in [-0.1, -0.05) is 5.16 Å². The number of nitrogens with one attached hydrogen (secondary N) is 1. The number of carbonyl (C=O) groups is 1. The molecule has 4 rings (SSSR count). The predicted molar refractivity (Wildman–Crippen MR) is 86.4 cm³/mol. The summed E-state index contributed by atoms with van der Waals surface area (Å²) in [5, 5.41) is 11.4. The van der Waals surface area contributed by atoms with Gasteiger partial charge in [-0.2, -0.15) is 5.10 Å². The smallest absolute Gasteiger partial charge is 0.249 e. The fourth-order valence-electron chi connectivity index (χ4n) is 3.22. The lowest BCUT2D eigenvalue weighted by Crippen LogP contribution is -2.36. The van der Waals surface area contributed by atoms with E-state index in [1.807, 2.05) is 23.9 Å². The van der Waals surface area contributed by atoms with Gasteiger partial charge in [-0.25, -0.2) is 0 Å². The van der Waals surface area contributed by atoms with Crippen molar-refractivity contribution in [2.45, 2.75) is 51.2 Å². The lowest BCUT2D eigenvalue weighted by atomic mass is 10.1. The van der Waals surface area contributed by atoms with Gasteiger partial charge in [0.1, 0.15) is 6.10 Å². The first-order valence-corrected chi connectivity index (χ1v) is 8.61. The zero-order valence-corrected chi connectivity index (χ0v) is 13.8. The zero-order valence-electron chi connectivity index (χ0n) is 13.8. The van der Waals surface area contributed by atoms with Gasteiger partial charge >= 0.3 is 0 Å². The summed E-state index contributed by atoms with van der Waals surface area (Å²) in [5.74, 6) is 1.28. The summed E-state index contributed by atoms with van der Waals surface area (Å²) in [5.41, 5.74) is 3.07. The van der Waals surface area contributed by atoms with E-state index in [1.165, 1.54) is 18.5 Å². The standard InChI is InChI=1S/C17H22N4O3/c1-11-9-15(24-20-11)13-10-19-21(16(13)12-4-5-12)7-6-18-17(22)14-3-2-8-23-14/h9-10,12,14H,2-8H2,1H3,(H,18,22)/t14-/m0/s1. The molecule has 2 aromatic rings. The van der Waals surface area contributed by atoms with Gasteiger partial charge in [-0.05, 0) is 32.6 Å². The number of rotatable bonds is 6. The molecule has 0 radical (unpaired) electrons. The Balaban J connectivity index is 1.43. The molecule has 1 aliphatic carbocycles. The van der Waals surface area contributed by atoms with Crippen LogP contribution in [0.3, 0.4) is 0 Å². The van der Waals surface area contributed by atoms with Crippen molar-refractivity contribution < 1.29 is 14.1 Å². The van der Waals surface area contributed by atoms with Crippen LogP contribution in [0.25, 0.3) is 11.3 Å². The number of ether oxygens (including phenoxy) is 1. The maximum Gasteiger partial charge on any atom is 0.249 e. The van der Waals surface area contributed by atoms with Gasteiger partial charge < -0.3 is 14.6 Å². The highest BCUT2D eigenvalue weighted by atomic mass is 16.5. The molecule has 1 aliphatic heterocycles. The summed E-state index contributed by atoms with van der Waals surface area (Å²) in [6.07, 6.45) is 5.69. The van der Waals surface area contributed by atoms with Crippen LogP contribution in [-0.4, -0.2) is 40.1 Å². The molecule has 1 atom stereocenters. The molecular formula is C17H22N4O3. The van der Waals surface area contributed by atoms with E-state index in [4.69, 9.17) is 9.26 Å². The number of hydrogen-bond donors (Lipinski definition) is 1. The van der Waals surface area contributed by atoms with E-state index in [0.29, 0.717) is 25.6 Å². The van der Waals surface area contributed by atoms with E-state index >= 15 is 0 Å². The Morgan fingerprint density at radius 3 is 2.96 bits per heavy atom. The number of aromatic nitrogens is 3. The molecule has 1 saturated heterocycles. The quantitative estimate of drug-likeness (QED) is 0.876. The molecule has 2 aliphatic rings. The molecule has 0 bridgehead atoms. The molecule has 1 amide bonds. The van der Waals surface area contributed by atoms with Gasteiger partial charge in [0.05, 0.1) is 29.7 Å². The van der Waals surface area contributed by atoms with Crippen LogP contribution in [0.5, 0.6) is 0 Å². The predicted octanol–water partition coefficient (Wildman–Crippen LogP) is 2.02. The number of carbonyl (C=O) groups excluding carboxylic acids is 1. The van der Waals surface area contributed by atoms with Crippen molar-refractivity contribution in [2.24, 2.45) is 0 Å². The average Bonchev–Trinajstić information content (AvgIpc) is 3.00. The van der Waals surface area contributed by atoms with Gasteiger partial charge in [0.2, 0.25) is 5.91 Å². The third-order valence-electron chi connectivity index (χ3n) is 4.58. The summed E-state index contributed by atoms with van der Waals surface area (Å²) >= 11 is 0. The third-order valence-corrected chi connectivity index (χ3v) is 4.58. The van der Waals surface area contributed by atoms with E-state index in [-0.39, 0.29) is 12.0 Å². The van der Waals surface area contributed by atoms with Crippen LogP contribution in [-0.2, 0) is 16.1 Å². The molecule has 2 aromatic heterocycles. The average molecular weight is 330 g/mol. The van der Waals surface area contributed by atoms with Crippen molar-refractivity contribution in [3.63, 3.8) is 0 Å². The molecule has 0 unspecified atom stereocenters. The highest BCUT2D eigenvalue weighted by Crippen LogP contribution is 2.44. The molecule has 7 heteroatoms. The Bertz CT molecular complexity index is 726. The van der Waals surface area contributed by atoms with Gasteiger partial charge in [0, 0.05) is 25.1 Å². The lowest BCUT2D eigenvalue weighted by Gasteiger charge is -2.12. The maximum absolute atomic E-state index is 12.0. The Hall–Kier alpha value is -2.15. The summed E-state index contributed by atoms with van der Waals surface area (Å²) in [7, 11) is 0. The van der Waals surface area contributed by atoms with E-state index in [1.54, 1.807) is 0 Å². The second-order valence-corrected chi connectivity index (χ2v) is 6.57. The van der Waals surface area contributed by atoms with E-state index < -0.39 is 0 Å². The summed E-state index contributed by atoms with van der Waals surface area (Å²) < 4.78 is 12.8. The van der Waals surface area contributed by atoms with E-state index in [0.717, 1.165) is 29.9 Å². The van der Waals surface area contributed by atoms with Crippen molar-refractivity contribution in [1.29, 1.82) is 0 Å². The largest absolute Gasteiger partial charge is 0.368 e. The normalized spacial score (nSPS) is 20.5. The third kappa shape index (κ3) is 3.08. The molecule has 1 N–H and O–H groups in total. The van der Waals surface area contributed by atoms with Crippen molar-refractivity contribution in [3.05, 3.63) is 23.7 Å². The van der Waals surface area contributed by atoms with Crippen LogP contribution in [0.2, 0.25) is 0 Å². The fourth-order valence-corrected chi connectivity index (χ4v) is 3.22. The highest BCUT2D eigenvalue weighted by Gasteiger charge is 2.32. The summed E-state index contributed by atoms with van der Waals surface area (Å²) in [4.78, 5) is 12.0. The number of amides is 1. The first kappa shape index (κ1) is 15.4. The first-order valence-electron chi connectivity index (χ1n) is 8.61. The molecule has 2 fully saturated rings.